The van der Waals surface area contributed by atoms with Gasteiger partial charge in [-0.3, -0.25) is 14.5 Å². The van der Waals surface area contributed by atoms with Crippen molar-refractivity contribution in [2.45, 2.75) is 30.0 Å². The van der Waals surface area contributed by atoms with Gasteiger partial charge in [0.25, 0.3) is 5.76 Å². The Morgan fingerprint density at radius 2 is 2.22 bits per heavy atom. The van der Waals surface area contributed by atoms with Crippen molar-refractivity contribution in [3.63, 3.8) is 0 Å². The smallest absolute Gasteiger partial charge is 0.288 e. The van der Waals surface area contributed by atoms with E-state index >= 15 is 0 Å². The summed E-state index contributed by atoms with van der Waals surface area (Å²) >= 11 is 0.393. The van der Waals surface area contributed by atoms with E-state index < -0.39 is 5.76 Å². The minimum atomic E-state index is -2.55. The van der Waals surface area contributed by atoms with Crippen molar-refractivity contribution in [3.8, 4) is 0 Å². The number of benzene rings is 1. The molecule has 2 rings (SSSR count). The second-order valence-corrected chi connectivity index (χ2v) is 6.14. The summed E-state index contributed by atoms with van der Waals surface area (Å²) in [4.78, 5) is 26.1. The first-order valence-corrected chi connectivity index (χ1v) is 8.24. The minimum absolute atomic E-state index is 0.0552. The number of para-hydroxylation sites is 1. The number of thioether (sulfide) groups is 1. The summed E-state index contributed by atoms with van der Waals surface area (Å²) in [6.45, 7) is 3.03. The molecule has 0 saturated carbocycles. The molecule has 1 aromatic carbocycles. The van der Waals surface area contributed by atoms with Crippen molar-refractivity contribution >= 4 is 29.3 Å². The number of alkyl halides is 2. The van der Waals surface area contributed by atoms with Crippen LogP contribution in [0, 0.1) is 0 Å². The standard InChI is InChI=1S/C15H19F2N3O2S/c1-2-11-14(22)18-7-8-20(11)9-13(21)19-10-5-3-4-6-12(10)23-15(16)17/h3-6,11,15H,2,7-9H2,1H3,(H,18,22)(H,19,21). The SMILES string of the molecule is CCC1C(=O)NCCN1CC(=O)Nc1ccccc1SC(F)F. The van der Waals surface area contributed by atoms with E-state index in [9.17, 15) is 18.4 Å². The summed E-state index contributed by atoms with van der Waals surface area (Å²) in [5.41, 5.74) is 0.359. The molecule has 1 aromatic rings. The van der Waals surface area contributed by atoms with E-state index in [1.54, 1.807) is 23.1 Å². The maximum absolute atomic E-state index is 12.5. The van der Waals surface area contributed by atoms with Crippen LogP contribution in [-0.2, 0) is 9.59 Å². The Bertz CT molecular complexity index is 571. The molecule has 2 amide bonds. The monoisotopic (exact) mass is 343 g/mol. The Kier molecular flexibility index (Phi) is 6.35. The van der Waals surface area contributed by atoms with E-state index in [1.807, 2.05) is 6.92 Å². The van der Waals surface area contributed by atoms with Crippen molar-refractivity contribution in [2.75, 3.05) is 25.0 Å². The first kappa shape index (κ1) is 17.7. The average molecular weight is 343 g/mol. The van der Waals surface area contributed by atoms with Crippen LogP contribution in [0.15, 0.2) is 29.2 Å². The number of carbonyl (C=O) groups is 2. The lowest BCUT2D eigenvalue weighted by atomic mass is 10.1. The Labute approximate surface area is 137 Å². The topological polar surface area (TPSA) is 61.4 Å². The molecule has 1 aliphatic rings. The van der Waals surface area contributed by atoms with E-state index in [4.69, 9.17) is 0 Å². The van der Waals surface area contributed by atoms with E-state index in [-0.39, 0.29) is 24.4 Å². The Hall–Kier alpha value is -1.67. The molecule has 2 N–H and O–H groups in total. The molecule has 1 fully saturated rings. The molecule has 5 nitrogen and oxygen atoms in total. The fourth-order valence-corrected chi connectivity index (χ4v) is 3.13. The predicted octanol–water partition coefficient (Wildman–Crippen LogP) is 2.15. The highest BCUT2D eigenvalue weighted by Crippen LogP contribution is 2.31. The Morgan fingerprint density at radius 3 is 2.91 bits per heavy atom. The van der Waals surface area contributed by atoms with Gasteiger partial charge in [-0.25, -0.2) is 0 Å². The molecule has 1 unspecified atom stereocenters. The molecular weight excluding hydrogens is 324 g/mol. The Balaban J connectivity index is 2.01. The van der Waals surface area contributed by atoms with Crippen LogP contribution < -0.4 is 10.6 Å². The van der Waals surface area contributed by atoms with Gasteiger partial charge in [0.2, 0.25) is 11.8 Å². The van der Waals surface area contributed by atoms with E-state index in [0.29, 0.717) is 41.9 Å². The highest BCUT2D eigenvalue weighted by molar-refractivity contribution is 7.99. The quantitative estimate of drug-likeness (QED) is 0.777. The van der Waals surface area contributed by atoms with Gasteiger partial charge in [0, 0.05) is 18.0 Å². The van der Waals surface area contributed by atoms with Crippen molar-refractivity contribution in [2.24, 2.45) is 0 Å². The summed E-state index contributed by atoms with van der Waals surface area (Å²) in [7, 11) is 0. The van der Waals surface area contributed by atoms with Gasteiger partial charge >= 0.3 is 0 Å². The molecule has 0 aliphatic carbocycles. The lowest BCUT2D eigenvalue weighted by Gasteiger charge is -2.33. The lowest BCUT2D eigenvalue weighted by Crippen LogP contribution is -2.56. The third-order valence-electron chi connectivity index (χ3n) is 3.55. The van der Waals surface area contributed by atoms with Crippen LogP contribution >= 0.6 is 11.8 Å². The zero-order valence-corrected chi connectivity index (χ0v) is 13.5. The number of nitrogens with one attached hydrogen (secondary N) is 2. The van der Waals surface area contributed by atoms with Gasteiger partial charge < -0.3 is 10.6 Å². The molecule has 1 saturated heterocycles. The minimum Gasteiger partial charge on any atom is -0.353 e. The molecule has 126 valence electrons. The molecule has 0 aromatic heterocycles. The normalized spacial score (nSPS) is 18.8. The highest BCUT2D eigenvalue weighted by Gasteiger charge is 2.29. The van der Waals surface area contributed by atoms with Gasteiger partial charge in [-0.2, -0.15) is 8.78 Å². The number of carbonyl (C=O) groups excluding carboxylic acids is 2. The summed E-state index contributed by atoms with van der Waals surface area (Å²) in [5, 5.41) is 5.42. The first-order chi connectivity index (χ1) is 11.0. The molecule has 1 aliphatic heterocycles. The third kappa shape index (κ3) is 4.90. The van der Waals surface area contributed by atoms with Crippen molar-refractivity contribution in [1.29, 1.82) is 0 Å². The maximum Gasteiger partial charge on any atom is 0.288 e. The second-order valence-electron chi connectivity index (χ2n) is 5.11. The largest absolute Gasteiger partial charge is 0.353 e. The molecule has 0 radical (unpaired) electrons. The van der Waals surface area contributed by atoms with Crippen molar-refractivity contribution < 1.29 is 18.4 Å². The number of amides is 2. The summed E-state index contributed by atoms with van der Waals surface area (Å²) < 4.78 is 25.1. The van der Waals surface area contributed by atoms with Gasteiger partial charge in [0.15, 0.2) is 0 Å². The number of anilines is 1. The molecule has 1 heterocycles. The maximum atomic E-state index is 12.5. The molecule has 8 heteroatoms. The van der Waals surface area contributed by atoms with Crippen LogP contribution in [0.3, 0.4) is 0 Å². The van der Waals surface area contributed by atoms with Gasteiger partial charge in [-0.15, -0.1) is 0 Å². The van der Waals surface area contributed by atoms with Crippen LogP contribution in [0.4, 0.5) is 14.5 Å². The van der Waals surface area contributed by atoms with Gasteiger partial charge in [0.05, 0.1) is 18.3 Å². The van der Waals surface area contributed by atoms with Gasteiger partial charge in [-0.1, -0.05) is 30.8 Å². The fraction of sp³-hybridized carbons (Fsp3) is 0.467. The highest BCUT2D eigenvalue weighted by atomic mass is 32.2. The summed E-state index contributed by atoms with van der Waals surface area (Å²) in [6.07, 6.45) is 0.608. The number of rotatable bonds is 6. The van der Waals surface area contributed by atoms with Crippen LogP contribution in [0.25, 0.3) is 0 Å². The summed E-state index contributed by atoms with van der Waals surface area (Å²) in [5.74, 6) is -2.95. The Morgan fingerprint density at radius 1 is 1.48 bits per heavy atom. The second kappa shape index (κ2) is 8.26. The lowest BCUT2D eigenvalue weighted by molar-refractivity contribution is -0.130. The van der Waals surface area contributed by atoms with Crippen LogP contribution in [0.1, 0.15) is 13.3 Å². The number of hydrogen-bond acceptors (Lipinski definition) is 4. The van der Waals surface area contributed by atoms with Crippen LogP contribution in [0.2, 0.25) is 0 Å². The van der Waals surface area contributed by atoms with Gasteiger partial charge in [-0.05, 0) is 18.6 Å². The molecule has 0 spiro atoms. The number of hydrogen-bond donors (Lipinski definition) is 2. The fourth-order valence-electron chi connectivity index (χ4n) is 2.54. The molecule has 1 atom stereocenters. The molecule has 23 heavy (non-hydrogen) atoms. The van der Waals surface area contributed by atoms with Crippen molar-refractivity contribution in [3.05, 3.63) is 24.3 Å². The number of halogens is 2. The zero-order valence-electron chi connectivity index (χ0n) is 12.7. The molecular formula is C15H19F2N3O2S. The zero-order chi connectivity index (χ0) is 16.8. The third-order valence-corrected chi connectivity index (χ3v) is 4.34. The number of piperazine rings is 1. The predicted molar refractivity (Wildman–Crippen MR) is 85.6 cm³/mol. The van der Waals surface area contributed by atoms with E-state index in [1.165, 1.54) is 6.07 Å². The first-order valence-electron chi connectivity index (χ1n) is 7.36. The van der Waals surface area contributed by atoms with E-state index in [2.05, 4.69) is 10.6 Å². The van der Waals surface area contributed by atoms with Gasteiger partial charge in [0.1, 0.15) is 0 Å². The molecule has 0 bridgehead atoms. The van der Waals surface area contributed by atoms with Crippen LogP contribution in [-0.4, -0.2) is 48.1 Å². The average Bonchev–Trinajstić information content (AvgIpc) is 2.49. The van der Waals surface area contributed by atoms with Crippen molar-refractivity contribution in [1.82, 2.24) is 10.2 Å². The summed E-state index contributed by atoms with van der Waals surface area (Å²) in [6, 6.07) is 6.11. The van der Waals surface area contributed by atoms with E-state index in [0.717, 1.165) is 0 Å². The van der Waals surface area contributed by atoms with Crippen LogP contribution in [0.5, 0.6) is 0 Å². The number of nitrogens with zero attached hydrogens (tertiary/aromatic N) is 1.